The smallest absolute Gasteiger partial charge is 0.344 e. The number of benzene rings is 1. The average Bonchev–Trinajstić information content (AvgIpc) is 2.16. The fourth-order valence-corrected chi connectivity index (χ4v) is 0.986. The Labute approximate surface area is 81.1 Å². The number of hydrogen-bond donors (Lipinski definition) is 1. The first-order chi connectivity index (χ1) is 6.63. The third-order valence-corrected chi connectivity index (χ3v) is 1.74. The molecule has 1 aromatic rings. The standard InChI is InChI=1S/C10H11FO3/c1-2-9(10(12)13)14-8-5-3-7(11)4-6-8/h3-6,9H,2H2,1H3,(H,12,13). The van der Waals surface area contributed by atoms with Crippen LogP contribution in [0.1, 0.15) is 13.3 Å². The van der Waals surface area contributed by atoms with Crippen molar-refractivity contribution in [3.8, 4) is 5.75 Å². The van der Waals surface area contributed by atoms with Crippen molar-refractivity contribution < 1.29 is 19.0 Å². The molecule has 0 amide bonds. The van der Waals surface area contributed by atoms with Gasteiger partial charge in [0.2, 0.25) is 0 Å². The van der Waals surface area contributed by atoms with Gasteiger partial charge in [-0.15, -0.1) is 0 Å². The number of hydrogen-bond acceptors (Lipinski definition) is 2. The average molecular weight is 198 g/mol. The van der Waals surface area contributed by atoms with E-state index in [1.54, 1.807) is 6.92 Å². The summed E-state index contributed by atoms with van der Waals surface area (Å²) in [4.78, 5) is 10.6. The highest BCUT2D eigenvalue weighted by Gasteiger charge is 2.16. The van der Waals surface area contributed by atoms with E-state index in [-0.39, 0.29) is 5.82 Å². The summed E-state index contributed by atoms with van der Waals surface area (Å²) in [5, 5.41) is 8.69. The lowest BCUT2D eigenvalue weighted by Gasteiger charge is -2.12. The molecular formula is C10H11FO3. The predicted octanol–water partition coefficient (Wildman–Crippen LogP) is 2.07. The van der Waals surface area contributed by atoms with Gasteiger partial charge < -0.3 is 9.84 Å². The summed E-state index contributed by atoms with van der Waals surface area (Å²) in [5.41, 5.74) is 0. The van der Waals surface area contributed by atoms with Crippen molar-refractivity contribution in [3.63, 3.8) is 0 Å². The molecule has 1 rings (SSSR count). The number of carboxylic acid groups (broad SMARTS) is 1. The lowest BCUT2D eigenvalue weighted by molar-refractivity contribution is -0.145. The molecule has 0 aromatic heterocycles. The molecule has 0 aliphatic carbocycles. The van der Waals surface area contributed by atoms with Crippen molar-refractivity contribution in [2.24, 2.45) is 0 Å². The van der Waals surface area contributed by atoms with Gasteiger partial charge in [0.25, 0.3) is 0 Å². The van der Waals surface area contributed by atoms with Gasteiger partial charge in [-0.05, 0) is 30.7 Å². The van der Waals surface area contributed by atoms with E-state index in [4.69, 9.17) is 9.84 Å². The Morgan fingerprint density at radius 1 is 1.50 bits per heavy atom. The van der Waals surface area contributed by atoms with Crippen LogP contribution < -0.4 is 4.74 Å². The van der Waals surface area contributed by atoms with Crippen molar-refractivity contribution in [2.75, 3.05) is 0 Å². The molecule has 1 unspecified atom stereocenters. The van der Waals surface area contributed by atoms with Gasteiger partial charge in [0, 0.05) is 0 Å². The van der Waals surface area contributed by atoms with Crippen LogP contribution in [-0.2, 0) is 4.79 Å². The molecule has 76 valence electrons. The Hall–Kier alpha value is -1.58. The quantitative estimate of drug-likeness (QED) is 0.805. The summed E-state index contributed by atoms with van der Waals surface area (Å²) >= 11 is 0. The largest absolute Gasteiger partial charge is 0.479 e. The molecule has 0 spiro atoms. The summed E-state index contributed by atoms with van der Waals surface area (Å²) in [6.07, 6.45) is -0.507. The number of rotatable bonds is 4. The van der Waals surface area contributed by atoms with Gasteiger partial charge in [-0.25, -0.2) is 9.18 Å². The third kappa shape index (κ3) is 2.73. The minimum atomic E-state index is -1.02. The minimum absolute atomic E-state index is 0.362. The molecule has 0 bridgehead atoms. The van der Waals surface area contributed by atoms with Crippen LogP contribution in [0.3, 0.4) is 0 Å². The van der Waals surface area contributed by atoms with Crippen LogP contribution in [0.25, 0.3) is 0 Å². The lowest BCUT2D eigenvalue weighted by atomic mass is 10.2. The topological polar surface area (TPSA) is 46.5 Å². The third-order valence-electron chi connectivity index (χ3n) is 1.74. The Morgan fingerprint density at radius 2 is 2.07 bits per heavy atom. The second-order valence-corrected chi connectivity index (χ2v) is 2.81. The molecule has 0 saturated heterocycles. The monoisotopic (exact) mass is 198 g/mol. The molecule has 0 radical (unpaired) electrons. The first-order valence-corrected chi connectivity index (χ1v) is 4.28. The second kappa shape index (κ2) is 4.60. The first kappa shape index (κ1) is 10.5. The molecule has 1 N–H and O–H groups in total. The maximum Gasteiger partial charge on any atom is 0.344 e. The molecule has 0 fully saturated rings. The summed E-state index contributed by atoms with van der Waals surface area (Å²) in [6.45, 7) is 1.71. The highest BCUT2D eigenvalue weighted by Crippen LogP contribution is 2.14. The fourth-order valence-electron chi connectivity index (χ4n) is 0.986. The van der Waals surface area contributed by atoms with Crippen LogP contribution in [0.15, 0.2) is 24.3 Å². The number of ether oxygens (including phenoxy) is 1. The predicted molar refractivity (Wildman–Crippen MR) is 48.7 cm³/mol. The van der Waals surface area contributed by atoms with E-state index in [0.29, 0.717) is 12.2 Å². The highest BCUT2D eigenvalue weighted by atomic mass is 19.1. The first-order valence-electron chi connectivity index (χ1n) is 4.28. The zero-order valence-corrected chi connectivity index (χ0v) is 7.74. The van der Waals surface area contributed by atoms with Crippen LogP contribution in [0, 0.1) is 5.82 Å². The minimum Gasteiger partial charge on any atom is -0.479 e. The van der Waals surface area contributed by atoms with Crippen molar-refractivity contribution >= 4 is 5.97 Å². The molecule has 0 aliphatic rings. The summed E-state index contributed by atoms with van der Waals surface area (Å²) in [5.74, 6) is -1.03. The molecule has 0 heterocycles. The molecule has 1 atom stereocenters. The molecule has 14 heavy (non-hydrogen) atoms. The van der Waals surface area contributed by atoms with Crippen LogP contribution in [0.4, 0.5) is 4.39 Å². The van der Waals surface area contributed by atoms with Gasteiger partial charge in [-0.3, -0.25) is 0 Å². The molecule has 0 aliphatic heterocycles. The fraction of sp³-hybridized carbons (Fsp3) is 0.300. The Bertz CT molecular complexity index is 308. The van der Waals surface area contributed by atoms with Crippen molar-refractivity contribution in [2.45, 2.75) is 19.4 Å². The van der Waals surface area contributed by atoms with Crippen molar-refractivity contribution in [1.29, 1.82) is 0 Å². The molecular weight excluding hydrogens is 187 g/mol. The van der Waals surface area contributed by atoms with E-state index in [0.717, 1.165) is 0 Å². The zero-order chi connectivity index (χ0) is 10.6. The SMILES string of the molecule is CCC(Oc1ccc(F)cc1)C(=O)O. The Morgan fingerprint density at radius 3 is 2.50 bits per heavy atom. The van der Waals surface area contributed by atoms with Gasteiger partial charge in [-0.1, -0.05) is 6.92 Å². The lowest BCUT2D eigenvalue weighted by Crippen LogP contribution is -2.25. The number of carboxylic acids is 1. The van der Waals surface area contributed by atoms with Crippen LogP contribution >= 0.6 is 0 Å². The van der Waals surface area contributed by atoms with Gasteiger partial charge in [0.1, 0.15) is 11.6 Å². The van der Waals surface area contributed by atoms with Crippen LogP contribution in [0.5, 0.6) is 5.75 Å². The molecule has 4 heteroatoms. The van der Waals surface area contributed by atoms with E-state index in [1.165, 1.54) is 24.3 Å². The number of carbonyl (C=O) groups is 1. The van der Waals surface area contributed by atoms with Gasteiger partial charge in [0.15, 0.2) is 6.10 Å². The summed E-state index contributed by atoms with van der Waals surface area (Å²) in [6, 6.07) is 5.26. The number of halogens is 1. The van der Waals surface area contributed by atoms with Crippen LogP contribution in [0.2, 0.25) is 0 Å². The maximum atomic E-state index is 12.5. The van der Waals surface area contributed by atoms with E-state index in [2.05, 4.69) is 0 Å². The molecule has 3 nitrogen and oxygen atoms in total. The molecule has 1 aromatic carbocycles. The maximum absolute atomic E-state index is 12.5. The van der Waals surface area contributed by atoms with E-state index >= 15 is 0 Å². The number of aliphatic carboxylic acids is 1. The van der Waals surface area contributed by atoms with Crippen LogP contribution in [-0.4, -0.2) is 17.2 Å². The Kier molecular flexibility index (Phi) is 3.45. The van der Waals surface area contributed by atoms with E-state index in [1.807, 2.05) is 0 Å². The Balaban J connectivity index is 2.67. The molecule has 0 saturated carbocycles. The van der Waals surface area contributed by atoms with Gasteiger partial charge in [0.05, 0.1) is 0 Å². The summed E-state index contributed by atoms with van der Waals surface area (Å²) < 4.78 is 17.6. The van der Waals surface area contributed by atoms with E-state index in [9.17, 15) is 9.18 Å². The zero-order valence-electron chi connectivity index (χ0n) is 7.74. The summed E-state index contributed by atoms with van der Waals surface area (Å²) in [7, 11) is 0. The van der Waals surface area contributed by atoms with Gasteiger partial charge in [-0.2, -0.15) is 0 Å². The van der Waals surface area contributed by atoms with Crippen molar-refractivity contribution in [1.82, 2.24) is 0 Å². The normalized spacial score (nSPS) is 12.1. The second-order valence-electron chi connectivity index (χ2n) is 2.81. The van der Waals surface area contributed by atoms with E-state index < -0.39 is 12.1 Å². The van der Waals surface area contributed by atoms with Gasteiger partial charge >= 0.3 is 5.97 Å². The van der Waals surface area contributed by atoms with Crippen molar-refractivity contribution in [3.05, 3.63) is 30.1 Å². The highest BCUT2D eigenvalue weighted by molar-refractivity contribution is 5.72.